The molecule has 0 spiro atoms. The molecule has 1 N–H and O–H groups in total. The van der Waals surface area contributed by atoms with Crippen molar-refractivity contribution in [2.75, 3.05) is 32.4 Å². The standard InChI is InChI=1S/C22H25N3O6S2/c1-33(30,31)19-8-6-17(7-9-19)16-2-4-18(5-3-16)21(27)23-20(10-15-26)22(28)24-11-13-25(32-29)14-12-24/h2-9,15,20,32H,10-14H2,1H3,(H,23,27)/t20-/m0/s1. The molecule has 0 bridgehead atoms. The predicted octanol–water partition coefficient (Wildman–Crippen LogP) is 0.449. The Hall–Kier alpha value is -2.89. The van der Waals surface area contributed by atoms with E-state index in [0.29, 0.717) is 38.0 Å². The Bertz CT molecular complexity index is 1130. The third-order valence-electron chi connectivity index (χ3n) is 5.38. The number of thiol groups is 1. The van der Waals surface area contributed by atoms with Gasteiger partial charge in [0.05, 0.1) is 16.7 Å². The van der Waals surface area contributed by atoms with E-state index in [2.05, 4.69) is 5.32 Å². The molecule has 2 aromatic rings. The van der Waals surface area contributed by atoms with Gasteiger partial charge in [-0.25, -0.2) is 16.9 Å². The van der Waals surface area contributed by atoms with Gasteiger partial charge in [0.25, 0.3) is 5.91 Å². The Kier molecular flexibility index (Phi) is 8.11. The second-order valence-corrected chi connectivity index (χ2v) is 10.4. The predicted molar refractivity (Wildman–Crippen MR) is 125 cm³/mol. The van der Waals surface area contributed by atoms with E-state index >= 15 is 0 Å². The maximum atomic E-state index is 12.8. The van der Waals surface area contributed by atoms with Crippen LogP contribution in [0.3, 0.4) is 0 Å². The summed E-state index contributed by atoms with van der Waals surface area (Å²) < 4.78 is 35.8. The summed E-state index contributed by atoms with van der Waals surface area (Å²) in [5.41, 5.74) is 1.91. The fourth-order valence-corrected chi connectivity index (χ4v) is 4.46. The molecule has 3 rings (SSSR count). The Labute approximate surface area is 196 Å². The van der Waals surface area contributed by atoms with Crippen molar-refractivity contribution in [1.29, 1.82) is 0 Å². The molecule has 1 aliphatic rings. The second-order valence-electron chi connectivity index (χ2n) is 7.66. The van der Waals surface area contributed by atoms with E-state index < -0.39 is 21.8 Å². The van der Waals surface area contributed by atoms with Gasteiger partial charge >= 0.3 is 0 Å². The molecule has 0 radical (unpaired) electrons. The highest BCUT2D eigenvalue weighted by Gasteiger charge is 2.28. The van der Waals surface area contributed by atoms with Crippen LogP contribution in [0.25, 0.3) is 11.1 Å². The number of nitrogens with one attached hydrogen (secondary N) is 1. The number of carbonyl (C=O) groups excluding carboxylic acids is 3. The van der Waals surface area contributed by atoms with Crippen LogP contribution in [0.5, 0.6) is 0 Å². The molecule has 33 heavy (non-hydrogen) atoms. The number of carbonyl (C=O) groups is 3. The Morgan fingerprint density at radius 1 is 1.00 bits per heavy atom. The minimum Gasteiger partial charge on any atom is -0.340 e. The molecule has 9 nitrogen and oxygen atoms in total. The molecule has 0 unspecified atom stereocenters. The van der Waals surface area contributed by atoms with E-state index in [1.807, 2.05) is 0 Å². The third-order valence-corrected chi connectivity index (χ3v) is 7.14. The largest absolute Gasteiger partial charge is 0.340 e. The minimum absolute atomic E-state index is 0.0901. The van der Waals surface area contributed by atoms with Gasteiger partial charge in [0.2, 0.25) is 5.91 Å². The molecule has 1 saturated heterocycles. The molecule has 1 atom stereocenters. The summed E-state index contributed by atoms with van der Waals surface area (Å²) in [6.45, 7) is 1.63. The molecule has 0 aliphatic carbocycles. The number of sulfone groups is 1. The van der Waals surface area contributed by atoms with Crippen LogP contribution >= 0.6 is 0 Å². The third kappa shape index (κ3) is 6.34. The number of aldehydes is 1. The molecule has 2 aromatic carbocycles. The first-order chi connectivity index (χ1) is 15.7. The highest BCUT2D eigenvalue weighted by Crippen LogP contribution is 2.22. The van der Waals surface area contributed by atoms with Gasteiger partial charge in [-0.15, -0.1) is 0 Å². The smallest absolute Gasteiger partial charge is 0.251 e. The fourth-order valence-electron chi connectivity index (χ4n) is 3.49. The SMILES string of the molecule is CS(=O)(=O)c1ccc(-c2ccc(C(=O)N[C@@H](CC=O)C(=O)N3CCN([SH]=O)CC3)cc2)cc1. The summed E-state index contributed by atoms with van der Waals surface area (Å²) in [5.74, 6) is -0.828. The number of rotatable bonds is 8. The van der Waals surface area contributed by atoms with E-state index in [-0.39, 0.29) is 29.1 Å². The van der Waals surface area contributed by atoms with Gasteiger partial charge in [-0.3, -0.25) is 9.59 Å². The molecular weight excluding hydrogens is 466 g/mol. The quantitative estimate of drug-likeness (QED) is 0.409. The maximum absolute atomic E-state index is 12.8. The molecule has 11 heteroatoms. The van der Waals surface area contributed by atoms with Gasteiger partial charge in [-0.1, -0.05) is 24.3 Å². The average Bonchev–Trinajstić information content (AvgIpc) is 2.83. The molecule has 1 aliphatic heterocycles. The van der Waals surface area contributed by atoms with Gasteiger partial charge in [0, 0.05) is 44.4 Å². The lowest BCUT2D eigenvalue weighted by molar-refractivity contribution is -0.135. The summed E-state index contributed by atoms with van der Waals surface area (Å²) >= 11 is -0.0901. The average molecular weight is 492 g/mol. The monoisotopic (exact) mass is 491 g/mol. The Morgan fingerprint density at radius 2 is 1.55 bits per heavy atom. The van der Waals surface area contributed by atoms with Crippen LogP contribution in [0.4, 0.5) is 0 Å². The second kappa shape index (κ2) is 10.8. The number of hydrogen-bond donors (Lipinski definition) is 2. The molecular formula is C22H25N3O6S2. The normalized spacial score (nSPS) is 15.6. The summed E-state index contributed by atoms with van der Waals surface area (Å²) in [5, 5.41) is 2.63. The highest BCUT2D eigenvalue weighted by atomic mass is 32.2. The van der Waals surface area contributed by atoms with Gasteiger partial charge in [0.15, 0.2) is 9.84 Å². The van der Waals surface area contributed by atoms with Crippen LogP contribution in [0, 0.1) is 0 Å². The zero-order valence-electron chi connectivity index (χ0n) is 18.0. The number of amides is 2. The molecule has 2 amide bonds. The lowest BCUT2D eigenvalue weighted by atomic mass is 10.0. The van der Waals surface area contributed by atoms with Crippen LogP contribution in [-0.4, -0.2) is 78.4 Å². The molecule has 0 saturated carbocycles. The van der Waals surface area contributed by atoms with Crippen molar-refractivity contribution in [3.05, 3.63) is 54.1 Å². The summed E-state index contributed by atoms with van der Waals surface area (Å²) in [7, 11) is -3.28. The minimum atomic E-state index is -3.28. The first kappa shape index (κ1) is 24.7. The molecule has 176 valence electrons. The molecule has 1 fully saturated rings. The van der Waals surface area contributed by atoms with Crippen LogP contribution < -0.4 is 5.32 Å². The topological polar surface area (TPSA) is 121 Å². The van der Waals surface area contributed by atoms with Gasteiger partial charge < -0.3 is 15.0 Å². The first-order valence-electron chi connectivity index (χ1n) is 10.2. The van der Waals surface area contributed by atoms with E-state index in [9.17, 15) is 27.0 Å². The van der Waals surface area contributed by atoms with Crippen molar-refractivity contribution in [2.24, 2.45) is 0 Å². The van der Waals surface area contributed by atoms with Crippen molar-refractivity contribution in [1.82, 2.24) is 14.5 Å². The van der Waals surface area contributed by atoms with Gasteiger partial charge in [-0.2, -0.15) is 0 Å². The van der Waals surface area contributed by atoms with E-state index in [4.69, 9.17) is 0 Å². The van der Waals surface area contributed by atoms with Crippen molar-refractivity contribution in [2.45, 2.75) is 17.4 Å². The van der Waals surface area contributed by atoms with Crippen LogP contribution in [0.15, 0.2) is 53.4 Å². The Morgan fingerprint density at radius 3 is 2.03 bits per heavy atom. The lowest BCUT2D eigenvalue weighted by Gasteiger charge is -2.33. The molecule has 0 aromatic heterocycles. The van der Waals surface area contributed by atoms with Crippen molar-refractivity contribution in [3.63, 3.8) is 0 Å². The molecule has 1 heterocycles. The maximum Gasteiger partial charge on any atom is 0.251 e. The number of benzene rings is 2. The van der Waals surface area contributed by atoms with Crippen LogP contribution in [0.2, 0.25) is 0 Å². The van der Waals surface area contributed by atoms with Crippen molar-refractivity contribution < 1.29 is 27.0 Å². The number of nitrogens with zero attached hydrogens (tertiary/aromatic N) is 2. The van der Waals surface area contributed by atoms with Gasteiger partial charge in [0.1, 0.15) is 12.3 Å². The van der Waals surface area contributed by atoms with E-state index in [1.54, 1.807) is 45.6 Å². The summed E-state index contributed by atoms with van der Waals surface area (Å²) in [4.78, 5) is 38.4. The van der Waals surface area contributed by atoms with Crippen LogP contribution in [0.1, 0.15) is 16.8 Å². The lowest BCUT2D eigenvalue weighted by Crippen LogP contribution is -2.54. The van der Waals surface area contributed by atoms with E-state index in [0.717, 1.165) is 17.4 Å². The number of piperazine rings is 1. The summed E-state index contributed by atoms with van der Waals surface area (Å²) in [6, 6.07) is 12.1. The Balaban J connectivity index is 1.67. The van der Waals surface area contributed by atoms with Gasteiger partial charge in [-0.05, 0) is 35.4 Å². The van der Waals surface area contributed by atoms with Crippen LogP contribution in [-0.2, 0) is 31.3 Å². The highest BCUT2D eigenvalue weighted by molar-refractivity contribution is 7.90. The van der Waals surface area contributed by atoms with Crippen molar-refractivity contribution in [3.8, 4) is 11.1 Å². The first-order valence-corrected chi connectivity index (χ1v) is 12.9. The van der Waals surface area contributed by atoms with Crippen molar-refractivity contribution >= 4 is 39.8 Å². The van der Waals surface area contributed by atoms with E-state index in [1.165, 1.54) is 12.1 Å². The zero-order chi connectivity index (χ0) is 24.0. The fraction of sp³-hybridized carbons (Fsp3) is 0.318. The number of hydrogen-bond acceptors (Lipinski definition) is 6. The summed E-state index contributed by atoms with van der Waals surface area (Å²) in [6.07, 6.45) is 1.60. The zero-order valence-corrected chi connectivity index (χ0v) is 19.7.